The molecule has 0 aliphatic rings. The van der Waals surface area contributed by atoms with Gasteiger partial charge in [0.2, 0.25) is 0 Å². The average molecular weight is 423 g/mol. The van der Waals surface area contributed by atoms with Crippen molar-refractivity contribution in [3.05, 3.63) is 120 Å². The molecule has 0 aromatic heterocycles. The zero-order chi connectivity index (χ0) is 22.5. The first kappa shape index (κ1) is 19.8. The maximum Gasteiger partial charge on any atom is -0.00204 e. The monoisotopic (exact) mass is 422 g/mol. The van der Waals surface area contributed by atoms with Crippen LogP contribution in [0.4, 0.5) is 0 Å². The molecular weight excluding hydrogens is 396 g/mol. The predicted octanol–water partition coefficient (Wildman–Crippen LogP) is 9.41. The topological polar surface area (TPSA) is 0 Å². The Hall–Kier alpha value is -3.90. The van der Waals surface area contributed by atoms with Crippen molar-refractivity contribution in [1.82, 2.24) is 0 Å². The molecule has 0 aliphatic carbocycles. The van der Waals surface area contributed by atoms with Gasteiger partial charge in [-0.1, -0.05) is 103 Å². The van der Waals surface area contributed by atoms with Crippen molar-refractivity contribution >= 4 is 32.3 Å². The first-order valence-corrected chi connectivity index (χ1v) is 11.6. The van der Waals surface area contributed by atoms with E-state index in [2.05, 4.69) is 124 Å². The summed E-state index contributed by atoms with van der Waals surface area (Å²) in [4.78, 5) is 0. The summed E-state index contributed by atoms with van der Waals surface area (Å²) in [6.07, 6.45) is 0. The minimum atomic E-state index is 1.30. The maximum atomic E-state index is 2.29. The van der Waals surface area contributed by atoms with Crippen LogP contribution in [0.1, 0.15) is 16.7 Å². The molecule has 0 amide bonds. The maximum absolute atomic E-state index is 2.29. The molecule has 0 heteroatoms. The van der Waals surface area contributed by atoms with Crippen molar-refractivity contribution in [2.45, 2.75) is 20.8 Å². The van der Waals surface area contributed by atoms with Gasteiger partial charge >= 0.3 is 0 Å². The van der Waals surface area contributed by atoms with E-state index in [1.54, 1.807) is 0 Å². The van der Waals surface area contributed by atoms with E-state index >= 15 is 0 Å². The summed E-state index contributed by atoms with van der Waals surface area (Å²) in [5.41, 5.74) is 9.27. The van der Waals surface area contributed by atoms with Gasteiger partial charge in [-0.05, 0) is 92.0 Å². The highest BCUT2D eigenvalue weighted by Gasteiger charge is 2.16. The second-order valence-electron chi connectivity index (χ2n) is 9.06. The summed E-state index contributed by atoms with van der Waals surface area (Å²) in [5.74, 6) is 0. The molecule has 0 fully saturated rings. The van der Waals surface area contributed by atoms with Crippen LogP contribution in [0, 0.1) is 20.8 Å². The van der Waals surface area contributed by atoms with Gasteiger partial charge < -0.3 is 0 Å². The molecule has 6 rings (SSSR count). The minimum absolute atomic E-state index is 1.30. The number of rotatable bonds is 2. The highest BCUT2D eigenvalue weighted by molar-refractivity contribution is 6.19. The summed E-state index contributed by atoms with van der Waals surface area (Å²) in [5, 5.41) is 7.90. The Morgan fingerprint density at radius 3 is 1.24 bits per heavy atom. The van der Waals surface area contributed by atoms with E-state index in [1.807, 2.05) is 0 Å². The van der Waals surface area contributed by atoms with E-state index in [-0.39, 0.29) is 0 Å². The molecule has 6 aromatic carbocycles. The Balaban J connectivity index is 1.77. The van der Waals surface area contributed by atoms with E-state index in [1.165, 1.54) is 71.3 Å². The van der Waals surface area contributed by atoms with E-state index in [0.717, 1.165) is 0 Å². The van der Waals surface area contributed by atoms with Crippen molar-refractivity contribution < 1.29 is 0 Å². The molecule has 33 heavy (non-hydrogen) atoms. The van der Waals surface area contributed by atoms with Crippen LogP contribution in [-0.2, 0) is 0 Å². The quantitative estimate of drug-likeness (QED) is 0.244. The molecule has 0 nitrogen and oxygen atoms in total. The van der Waals surface area contributed by atoms with Gasteiger partial charge in [0.15, 0.2) is 0 Å². The average Bonchev–Trinajstić information content (AvgIpc) is 2.84. The lowest BCUT2D eigenvalue weighted by Crippen LogP contribution is -1.92. The second-order valence-corrected chi connectivity index (χ2v) is 9.06. The molecule has 0 heterocycles. The first-order valence-electron chi connectivity index (χ1n) is 11.6. The summed E-state index contributed by atoms with van der Waals surface area (Å²) in [6, 6.07) is 37.8. The van der Waals surface area contributed by atoms with Crippen LogP contribution in [-0.4, -0.2) is 0 Å². The van der Waals surface area contributed by atoms with Crippen LogP contribution in [0.25, 0.3) is 54.6 Å². The smallest absolute Gasteiger partial charge is 0.00204 e. The van der Waals surface area contributed by atoms with Gasteiger partial charge in [0.25, 0.3) is 0 Å². The lowest BCUT2D eigenvalue weighted by Gasteiger charge is -2.18. The van der Waals surface area contributed by atoms with Crippen molar-refractivity contribution in [3.63, 3.8) is 0 Å². The van der Waals surface area contributed by atoms with Crippen LogP contribution >= 0.6 is 0 Å². The number of hydrogen-bond acceptors (Lipinski definition) is 0. The third-order valence-corrected chi connectivity index (χ3v) is 7.14. The lowest BCUT2D eigenvalue weighted by molar-refractivity contribution is 1.38. The van der Waals surface area contributed by atoms with Gasteiger partial charge in [0.05, 0.1) is 0 Å². The van der Waals surface area contributed by atoms with E-state index < -0.39 is 0 Å². The number of hydrogen-bond donors (Lipinski definition) is 0. The van der Waals surface area contributed by atoms with Gasteiger partial charge in [-0.3, -0.25) is 0 Å². The highest BCUT2D eigenvalue weighted by Crippen LogP contribution is 2.43. The van der Waals surface area contributed by atoms with Gasteiger partial charge in [0.1, 0.15) is 0 Å². The first-order chi connectivity index (χ1) is 16.1. The molecule has 0 bridgehead atoms. The predicted molar refractivity (Wildman–Crippen MR) is 144 cm³/mol. The third kappa shape index (κ3) is 2.98. The van der Waals surface area contributed by atoms with Crippen molar-refractivity contribution in [3.8, 4) is 22.3 Å². The van der Waals surface area contributed by atoms with Crippen LogP contribution in [0.2, 0.25) is 0 Å². The minimum Gasteiger partial charge on any atom is -0.0617 e. The Labute approximate surface area is 195 Å². The lowest BCUT2D eigenvalue weighted by atomic mass is 9.85. The molecule has 0 unspecified atom stereocenters. The third-order valence-electron chi connectivity index (χ3n) is 7.14. The molecule has 0 saturated carbocycles. The molecular formula is C33H26. The largest absolute Gasteiger partial charge is 0.0617 e. The van der Waals surface area contributed by atoms with Crippen LogP contribution < -0.4 is 0 Å². The van der Waals surface area contributed by atoms with E-state index in [4.69, 9.17) is 0 Å². The van der Waals surface area contributed by atoms with Crippen molar-refractivity contribution in [2.75, 3.05) is 0 Å². The summed E-state index contributed by atoms with van der Waals surface area (Å²) in [7, 11) is 0. The molecule has 0 saturated heterocycles. The fourth-order valence-corrected chi connectivity index (χ4v) is 5.62. The van der Waals surface area contributed by atoms with Crippen LogP contribution in [0.3, 0.4) is 0 Å². The van der Waals surface area contributed by atoms with Gasteiger partial charge in [-0.15, -0.1) is 0 Å². The van der Waals surface area contributed by atoms with Crippen LogP contribution in [0.5, 0.6) is 0 Å². The number of fused-ring (bicyclic) bond motifs is 3. The molecule has 0 atom stereocenters. The molecule has 0 radical (unpaired) electrons. The van der Waals surface area contributed by atoms with Crippen molar-refractivity contribution in [2.24, 2.45) is 0 Å². The Morgan fingerprint density at radius 1 is 0.333 bits per heavy atom. The zero-order valence-electron chi connectivity index (χ0n) is 19.3. The SMILES string of the molecule is Cc1cccc(C)c1-c1cccc2c(-c3c4ccccc4c(C)c4ccccc34)cccc12. The normalized spacial score (nSPS) is 11.5. The summed E-state index contributed by atoms with van der Waals surface area (Å²) < 4.78 is 0. The number of benzene rings is 6. The number of aryl methyl sites for hydroxylation is 3. The standard InChI is InChI=1S/C33H26/c1-21-11-8-12-22(2)32(21)30-19-9-18-27-26(30)17-10-20-31(27)33-28-15-6-4-13-24(28)23(3)25-14-5-7-16-29(25)33/h4-20H,1-3H3. The highest BCUT2D eigenvalue weighted by atomic mass is 14.2. The van der Waals surface area contributed by atoms with Crippen molar-refractivity contribution in [1.29, 1.82) is 0 Å². The zero-order valence-corrected chi connectivity index (χ0v) is 19.3. The van der Waals surface area contributed by atoms with Gasteiger partial charge in [-0.25, -0.2) is 0 Å². The van der Waals surface area contributed by atoms with Crippen LogP contribution in [0.15, 0.2) is 103 Å². The Morgan fingerprint density at radius 2 is 0.727 bits per heavy atom. The van der Waals surface area contributed by atoms with E-state index in [0.29, 0.717) is 0 Å². The van der Waals surface area contributed by atoms with Gasteiger partial charge in [0, 0.05) is 0 Å². The molecule has 6 aromatic rings. The van der Waals surface area contributed by atoms with E-state index in [9.17, 15) is 0 Å². The fraction of sp³-hybridized carbons (Fsp3) is 0.0909. The second kappa shape index (κ2) is 7.60. The van der Waals surface area contributed by atoms with Gasteiger partial charge in [-0.2, -0.15) is 0 Å². The molecule has 0 N–H and O–H groups in total. The molecule has 158 valence electrons. The Kier molecular flexibility index (Phi) is 4.55. The molecule has 0 aliphatic heterocycles. The fourth-order valence-electron chi connectivity index (χ4n) is 5.62. The summed E-state index contributed by atoms with van der Waals surface area (Å²) in [6.45, 7) is 6.68. The molecule has 0 spiro atoms. The summed E-state index contributed by atoms with van der Waals surface area (Å²) >= 11 is 0. The Bertz CT molecular complexity index is 1610.